The molecule has 6 heteroatoms. The summed E-state index contributed by atoms with van der Waals surface area (Å²) in [4.78, 5) is 16.0. The zero-order chi connectivity index (χ0) is 16.3. The summed E-state index contributed by atoms with van der Waals surface area (Å²) in [6.45, 7) is 7.75. The second-order valence-corrected chi connectivity index (χ2v) is 9.17. The maximum Gasteiger partial charge on any atom is 0.238 e. The Morgan fingerprint density at radius 3 is 2.30 bits per heavy atom. The lowest BCUT2D eigenvalue weighted by molar-refractivity contribution is -0.134. The minimum absolute atomic E-state index is 0. The largest absolute Gasteiger partial charge is 0.341 e. The fourth-order valence-electron chi connectivity index (χ4n) is 2.85. The third-order valence-electron chi connectivity index (χ3n) is 4.27. The third-order valence-corrected chi connectivity index (χ3v) is 5.99. The molecule has 130 valence electrons. The first-order valence-corrected chi connectivity index (χ1v) is 9.40. The summed E-state index contributed by atoms with van der Waals surface area (Å²) in [7, 11) is 0. The molecule has 1 aromatic rings. The smallest absolute Gasteiger partial charge is 0.238 e. The van der Waals surface area contributed by atoms with E-state index in [4.69, 9.17) is 5.73 Å². The van der Waals surface area contributed by atoms with Crippen molar-refractivity contribution in [3.05, 3.63) is 28.7 Å². The number of carbonyl (C=O) groups is 1. The van der Waals surface area contributed by atoms with Crippen LogP contribution in [0.5, 0.6) is 0 Å². The van der Waals surface area contributed by atoms with Crippen LogP contribution in [0.15, 0.2) is 33.6 Å². The molecule has 1 aliphatic heterocycles. The maximum atomic E-state index is 12.8. The Morgan fingerprint density at radius 1 is 1.30 bits per heavy atom. The minimum atomic E-state index is -0.449. The molecular weight excluding hydrogens is 396 g/mol. The Labute approximate surface area is 158 Å². The fourth-order valence-corrected chi connectivity index (χ4v) is 4.19. The molecule has 1 fully saturated rings. The van der Waals surface area contributed by atoms with Crippen molar-refractivity contribution in [1.82, 2.24) is 4.90 Å². The van der Waals surface area contributed by atoms with Crippen LogP contribution in [0, 0.1) is 5.92 Å². The van der Waals surface area contributed by atoms with Crippen molar-refractivity contribution in [2.75, 3.05) is 13.1 Å². The predicted molar refractivity (Wildman–Crippen MR) is 104 cm³/mol. The van der Waals surface area contributed by atoms with E-state index < -0.39 is 4.75 Å². The van der Waals surface area contributed by atoms with Crippen molar-refractivity contribution in [1.29, 1.82) is 0 Å². The highest BCUT2D eigenvalue weighted by atomic mass is 79.9. The molecule has 0 radical (unpaired) electrons. The van der Waals surface area contributed by atoms with Crippen molar-refractivity contribution in [3.63, 3.8) is 0 Å². The van der Waals surface area contributed by atoms with Gasteiger partial charge in [0, 0.05) is 28.5 Å². The van der Waals surface area contributed by atoms with Gasteiger partial charge in [0.25, 0.3) is 0 Å². The van der Waals surface area contributed by atoms with Crippen LogP contribution in [0.2, 0.25) is 0 Å². The van der Waals surface area contributed by atoms with E-state index in [1.54, 1.807) is 11.8 Å². The molecule has 1 atom stereocenters. The van der Waals surface area contributed by atoms with E-state index in [9.17, 15) is 4.79 Å². The van der Waals surface area contributed by atoms with E-state index in [1.165, 1.54) is 0 Å². The normalized spacial score (nSPS) is 17.5. The maximum absolute atomic E-state index is 12.8. The van der Waals surface area contributed by atoms with Crippen molar-refractivity contribution < 1.29 is 4.79 Å². The van der Waals surface area contributed by atoms with Gasteiger partial charge in [-0.2, -0.15) is 0 Å². The summed E-state index contributed by atoms with van der Waals surface area (Å²) < 4.78 is 0.605. The van der Waals surface area contributed by atoms with E-state index in [1.807, 2.05) is 43.0 Å². The zero-order valence-corrected chi connectivity index (χ0v) is 17.1. The molecule has 23 heavy (non-hydrogen) atoms. The number of likely N-dealkylation sites (tertiary alicyclic amines) is 1. The lowest BCUT2D eigenvalue weighted by Gasteiger charge is -2.37. The molecule has 0 bridgehead atoms. The van der Waals surface area contributed by atoms with Crippen LogP contribution in [-0.2, 0) is 4.79 Å². The molecule has 1 unspecified atom stereocenters. The van der Waals surface area contributed by atoms with Crippen molar-refractivity contribution in [2.45, 2.75) is 49.3 Å². The van der Waals surface area contributed by atoms with Gasteiger partial charge in [-0.15, -0.1) is 24.2 Å². The van der Waals surface area contributed by atoms with E-state index in [0.717, 1.165) is 35.3 Å². The van der Waals surface area contributed by atoms with Gasteiger partial charge in [0.05, 0.1) is 4.75 Å². The van der Waals surface area contributed by atoms with E-state index >= 15 is 0 Å². The monoisotopic (exact) mass is 420 g/mol. The van der Waals surface area contributed by atoms with Gasteiger partial charge < -0.3 is 10.6 Å². The first kappa shape index (κ1) is 20.8. The number of rotatable bonds is 4. The highest BCUT2D eigenvalue weighted by molar-refractivity contribution is 9.10. The van der Waals surface area contributed by atoms with E-state index in [-0.39, 0.29) is 24.4 Å². The molecule has 2 N–H and O–H groups in total. The second kappa shape index (κ2) is 8.75. The summed E-state index contributed by atoms with van der Waals surface area (Å²) in [6.07, 6.45) is 2.03. The first-order chi connectivity index (χ1) is 10.3. The van der Waals surface area contributed by atoms with Crippen molar-refractivity contribution in [3.8, 4) is 0 Å². The van der Waals surface area contributed by atoms with E-state index in [2.05, 4.69) is 22.9 Å². The van der Waals surface area contributed by atoms with Crippen LogP contribution in [0.25, 0.3) is 0 Å². The summed E-state index contributed by atoms with van der Waals surface area (Å²) >= 11 is 5.07. The van der Waals surface area contributed by atoms with Gasteiger partial charge in [0.1, 0.15) is 0 Å². The Balaban J connectivity index is 0.00000264. The number of benzene rings is 1. The Morgan fingerprint density at radius 2 is 1.83 bits per heavy atom. The van der Waals surface area contributed by atoms with Crippen LogP contribution in [0.1, 0.15) is 33.6 Å². The van der Waals surface area contributed by atoms with Gasteiger partial charge in [0.15, 0.2) is 0 Å². The molecule has 0 aromatic heterocycles. The zero-order valence-electron chi connectivity index (χ0n) is 13.9. The number of hydrogen-bond acceptors (Lipinski definition) is 3. The molecule has 1 heterocycles. The molecule has 0 saturated carbocycles. The Bertz CT molecular complexity index is 514. The van der Waals surface area contributed by atoms with Gasteiger partial charge in [-0.05, 0) is 63.8 Å². The number of amides is 1. The van der Waals surface area contributed by atoms with Gasteiger partial charge in [0.2, 0.25) is 5.91 Å². The number of halogens is 2. The quantitative estimate of drug-likeness (QED) is 0.736. The predicted octanol–water partition coefficient (Wildman–Crippen LogP) is 4.33. The van der Waals surface area contributed by atoms with Crippen LogP contribution in [-0.4, -0.2) is 34.7 Å². The second-order valence-electron chi connectivity index (χ2n) is 6.56. The molecule has 1 aliphatic rings. The highest BCUT2D eigenvalue weighted by Gasteiger charge is 2.35. The van der Waals surface area contributed by atoms with Gasteiger partial charge in [-0.3, -0.25) is 4.79 Å². The number of thioether (sulfide) groups is 1. The SMILES string of the molecule is CC(N)C1CCN(C(=O)C(C)(C)Sc2ccc(Br)cc2)CC1.Cl. The summed E-state index contributed by atoms with van der Waals surface area (Å²) in [6, 6.07) is 8.34. The highest BCUT2D eigenvalue weighted by Crippen LogP contribution is 2.35. The Hall–Kier alpha value is -0.230. The third kappa shape index (κ3) is 5.66. The van der Waals surface area contributed by atoms with Gasteiger partial charge >= 0.3 is 0 Å². The summed E-state index contributed by atoms with van der Waals surface area (Å²) in [5, 5.41) is 0. The average Bonchev–Trinajstić information content (AvgIpc) is 2.48. The molecule has 1 aromatic carbocycles. The molecule has 1 amide bonds. The number of nitrogens with zero attached hydrogens (tertiary/aromatic N) is 1. The topological polar surface area (TPSA) is 46.3 Å². The Kier molecular flexibility index (Phi) is 7.91. The van der Waals surface area contributed by atoms with Crippen molar-refractivity contribution in [2.24, 2.45) is 11.7 Å². The fraction of sp³-hybridized carbons (Fsp3) is 0.588. The number of nitrogens with two attached hydrogens (primary N) is 1. The molecular formula is C17H26BrClN2OS. The van der Waals surface area contributed by atoms with Crippen molar-refractivity contribution >= 4 is 46.0 Å². The lowest BCUT2D eigenvalue weighted by Crippen LogP contribution is -2.48. The molecule has 0 spiro atoms. The van der Waals surface area contributed by atoms with Crippen LogP contribution >= 0.6 is 40.1 Å². The summed E-state index contributed by atoms with van der Waals surface area (Å²) in [5.41, 5.74) is 5.98. The van der Waals surface area contributed by atoms with Crippen LogP contribution in [0.4, 0.5) is 0 Å². The molecule has 0 aliphatic carbocycles. The molecule has 3 nitrogen and oxygen atoms in total. The van der Waals surface area contributed by atoms with Crippen LogP contribution < -0.4 is 5.73 Å². The van der Waals surface area contributed by atoms with E-state index in [0.29, 0.717) is 5.92 Å². The number of piperidine rings is 1. The van der Waals surface area contributed by atoms with Gasteiger partial charge in [-0.1, -0.05) is 15.9 Å². The number of hydrogen-bond donors (Lipinski definition) is 1. The standard InChI is InChI=1S/C17H25BrN2OS.ClH/c1-12(19)13-8-10-20(11-9-13)16(21)17(2,3)22-15-6-4-14(18)5-7-15;/h4-7,12-13H,8-11,19H2,1-3H3;1H. The molecule has 2 rings (SSSR count). The summed E-state index contributed by atoms with van der Waals surface area (Å²) in [5.74, 6) is 0.773. The average molecular weight is 422 g/mol. The number of carbonyl (C=O) groups excluding carboxylic acids is 1. The van der Waals surface area contributed by atoms with Gasteiger partial charge in [-0.25, -0.2) is 0 Å². The van der Waals surface area contributed by atoms with Crippen LogP contribution in [0.3, 0.4) is 0 Å². The minimum Gasteiger partial charge on any atom is -0.341 e. The first-order valence-electron chi connectivity index (χ1n) is 7.79. The molecule has 1 saturated heterocycles. The lowest BCUT2D eigenvalue weighted by atomic mass is 9.90.